The van der Waals surface area contributed by atoms with Gasteiger partial charge in [0.05, 0.1) is 25.5 Å². The molecule has 7 heteroatoms. The van der Waals surface area contributed by atoms with E-state index < -0.39 is 5.97 Å². The van der Waals surface area contributed by atoms with Crippen molar-refractivity contribution >= 4 is 22.6 Å². The molecule has 0 atom stereocenters. The fraction of sp³-hybridized carbons (Fsp3) is 0.190. The van der Waals surface area contributed by atoms with Crippen molar-refractivity contribution in [3.05, 3.63) is 76.0 Å². The number of esters is 1. The molecule has 3 heterocycles. The number of furan rings is 1. The summed E-state index contributed by atoms with van der Waals surface area (Å²) in [5.74, 6) is 0.254. The second kappa shape index (κ2) is 7.19. The summed E-state index contributed by atoms with van der Waals surface area (Å²) in [5, 5.41) is 0.829. The summed E-state index contributed by atoms with van der Waals surface area (Å²) in [6.45, 7) is 1.77. The van der Waals surface area contributed by atoms with Gasteiger partial charge in [0, 0.05) is 28.8 Å². The van der Waals surface area contributed by atoms with E-state index in [0.717, 1.165) is 16.6 Å². The highest BCUT2D eigenvalue weighted by Gasteiger charge is 2.13. The van der Waals surface area contributed by atoms with Crippen molar-refractivity contribution in [2.24, 2.45) is 0 Å². The maximum atomic E-state index is 12.3. The highest BCUT2D eigenvalue weighted by molar-refractivity contribution is 5.86. The van der Waals surface area contributed by atoms with E-state index in [-0.39, 0.29) is 18.6 Å². The van der Waals surface area contributed by atoms with E-state index in [0.29, 0.717) is 22.7 Å². The van der Waals surface area contributed by atoms with Gasteiger partial charge in [-0.1, -0.05) is 6.07 Å². The van der Waals surface area contributed by atoms with Crippen LogP contribution in [0.1, 0.15) is 17.0 Å². The van der Waals surface area contributed by atoms with Crippen LogP contribution in [0.25, 0.3) is 16.6 Å². The molecular formula is C21H18N2O5. The average molecular weight is 378 g/mol. The van der Waals surface area contributed by atoms with Crippen molar-refractivity contribution in [2.75, 3.05) is 7.11 Å². The molecule has 0 N–H and O–H groups in total. The number of nitrogens with zero attached hydrogens (tertiary/aromatic N) is 2. The lowest BCUT2D eigenvalue weighted by Gasteiger charge is -2.07. The van der Waals surface area contributed by atoms with Crippen LogP contribution in [-0.4, -0.2) is 22.5 Å². The molecule has 0 bridgehead atoms. The fourth-order valence-electron chi connectivity index (χ4n) is 3.13. The van der Waals surface area contributed by atoms with Gasteiger partial charge in [-0.25, -0.2) is 4.98 Å². The fourth-order valence-corrected chi connectivity index (χ4v) is 3.13. The van der Waals surface area contributed by atoms with Gasteiger partial charge in [0.2, 0.25) is 0 Å². The number of hydrogen-bond donors (Lipinski definition) is 0. The Labute approximate surface area is 160 Å². The number of aryl methyl sites for hydroxylation is 1. The molecule has 4 rings (SSSR count). The van der Waals surface area contributed by atoms with E-state index in [9.17, 15) is 9.59 Å². The zero-order chi connectivity index (χ0) is 19.7. The van der Waals surface area contributed by atoms with E-state index in [2.05, 4.69) is 4.98 Å². The highest BCUT2D eigenvalue weighted by atomic mass is 16.5. The first-order chi connectivity index (χ1) is 13.5. The normalized spacial score (nSPS) is 11.1. The third-order valence-corrected chi connectivity index (χ3v) is 4.51. The summed E-state index contributed by atoms with van der Waals surface area (Å²) in [5.41, 5.74) is 2.89. The maximum absolute atomic E-state index is 12.3. The van der Waals surface area contributed by atoms with Crippen LogP contribution in [-0.2, 0) is 22.6 Å². The van der Waals surface area contributed by atoms with Crippen molar-refractivity contribution in [1.29, 1.82) is 0 Å². The van der Waals surface area contributed by atoms with Crippen LogP contribution in [0.15, 0.2) is 57.9 Å². The molecule has 0 radical (unpaired) electrons. The molecular weight excluding hydrogens is 360 g/mol. The van der Waals surface area contributed by atoms with E-state index in [1.54, 1.807) is 25.3 Å². The van der Waals surface area contributed by atoms with Gasteiger partial charge >= 0.3 is 5.97 Å². The summed E-state index contributed by atoms with van der Waals surface area (Å²) in [7, 11) is 1.58. The molecule has 0 aliphatic heterocycles. The molecule has 0 spiro atoms. The Morgan fingerprint density at radius 2 is 2.07 bits per heavy atom. The minimum atomic E-state index is -0.426. The van der Waals surface area contributed by atoms with Crippen molar-refractivity contribution in [2.45, 2.75) is 20.0 Å². The molecule has 1 aromatic carbocycles. The van der Waals surface area contributed by atoms with Crippen LogP contribution in [0.4, 0.5) is 0 Å². The number of carbonyl (C=O) groups excluding carboxylic acids is 1. The topological polar surface area (TPSA) is 83.0 Å². The number of hydrogen-bond acceptors (Lipinski definition) is 6. The molecule has 0 fully saturated rings. The van der Waals surface area contributed by atoms with Crippen LogP contribution in [0, 0.1) is 6.92 Å². The second-order valence-corrected chi connectivity index (χ2v) is 6.41. The standard InChI is InChI=1S/C21H18N2O5/c1-13-4-3-5-19-22-15(9-20(24)23(13)19)12-28-21(25)8-14-11-27-18-10-16(26-2)6-7-17(14)18/h3-7,9-11H,8,12H2,1-2H3. The molecule has 3 aromatic heterocycles. The van der Waals surface area contributed by atoms with Crippen molar-refractivity contribution < 1.29 is 18.7 Å². The first kappa shape index (κ1) is 17.8. The van der Waals surface area contributed by atoms with Crippen LogP contribution >= 0.6 is 0 Å². The monoisotopic (exact) mass is 378 g/mol. The predicted molar refractivity (Wildman–Crippen MR) is 102 cm³/mol. The van der Waals surface area contributed by atoms with Gasteiger partial charge in [0.15, 0.2) is 0 Å². The van der Waals surface area contributed by atoms with Gasteiger partial charge < -0.3 is 13.9 Å². The quantitative estimate of drug-likeness (QED) is 0.497. The largest absolute Gasteiger partial charge is 0.497 e. The summed E-state index contributed by atoms with van der Waals surface area (Å²) in [6.07, 6.45) is 1.60. The number of carbonyl (C=O) groups is 1. The number of methoxy groups -OCH3 is 1. The third kappa shape index (κ3) is 3.34. The molecule has 7 nitrogen and oxygen atoms in total. The molecule has 0 aliphatic carbocycles. The summed E-state index contributed by atoms with van der Waals surface area (Å²) >= 11 is 0. The lowest BCUT2D eigenvalue weighted by Crippen LogP contribution is -2.18. The first-order valence-corrected chi connectivity index (χ1v) is 8.73. The zero-order valence-electron chi connectivity index (χ0n) is 15.5. The lowest BCUT2D eigenvalue weighted by molar-refractivity contribution is -0.144. The van der Waals surface area contributed by atoms with Crippen LogP contribution in [0.3, 0.4) is 0 Å². The van der Waals surface area contributed by atoms with Crippen LogP contribution in [0.2, 0.25) is 0 Å². The molecule has 4 aromatic rings. The van der Waals surface area contributed by atoms with Gasteiger partial charge in [0.1, 0.15) is 23.6 Å². The van der Waals surface area contributed by atoms with E-state index in [1.165, 1.54) is 16.7 Å². The average Bonchev–Trinajstić information content (AvgIpc) is 3.08. The lowest BCUT2D eigenvalue weighted by atomic mass is 10.1. The van der Waals surface area contributed by atoms with Gasteiger partial charge in [-0.3, -0.25) is 14.0 Å². The number of benzene rings is 1. The van der Waals surface area contributed by atoms with Gasteiger partial charge in [-0.05, 0) is 31.2 Å². The SMILES string of the molecule is COc1ccc2c(CC(=O)OCc3cc(=O)n4c(C)cccc4n3)coc2c1. The minimum Gasteiger partial charge on any atom is -0.497 e. The summed E-state index contributed by atoms with van der Waals surface area (Å²) in [4.78, 5) is 28.9. The first-order valence-electron chi connectivity index (χ1n) is 8.73. The second-order valence-electron chi connectivity index (χ2n) is 6.41. The molecule has 142 valence electrons. The third-order valence-electron chi connectivity index (χ3n) is 4.51. The van der Waals surface area contributed by atoms with Crippen LogP contribution in [0.5, 0.6) is 5.75 Å². The van der Waals surface area contributed by atoms with Gasteiger partial charge in [0.25, 0.3) is 5.56 Å². The Hall–Kier alpha value is -3.61. The molecule has 28 heavy (non-hydrogen) atoms. The Kier molecular flexibility index (Phi) is 4.57. The molecule has 0 saturated heterocycles. The summed E-state index contributed by atoms with van der Waals surface area (Å²) < 4.78 is 17.5. The number of rotatable bonds is 5. The molecule has 0 aliphatic rings. The molecule has 0 amide bonds. The Bertz CT molecular complexity index is 1240. The smallest absolute Gasteiger partial charge is 0.310 e. The van der Waals surface area contributed by atoms with Crippen molar-refractivity contribution in [1.82, 2.24) is 9.38 Å². The zero-order valence-corrected chi connectivity index (χ0v) is 15.5. The van der Waals surface area contributed by atoms with E-state index >= 15 is 0 Å². The molecule has 0 saturated carbocycles. The van der Waals surface area contributed by atoms with Crippen molar-refractivity contribution in [3.8, 4) is 5.75 Å². The summed E-state index contributed by atoms with van der Waals surface area (Å²) in [6, 6.07) is 12.2. The Morgan fingerprint density at radius 3 is 2.89 bits per heavy atom. The van der Waals surface area contributed by atoms with Gasteiger partial charge in [-0.15, -0.1) is 0 Å². The Balaban J connectivity index is 1.48. The van der Waals surface area contributed by atoms with Crippen molar-refractivity contribution in [3.63, 3.8) is 0 Å². The minimum absolute atomic E-state index is 0.0605. The molecule has 0 unspecified atom stereocenters. The predicted octanol–water partition coefficient (Wildman–Crippen LogP) is 3.04. The maximum Gasteiger partial charge on any atom is 0.310 e. The van der Waals surface area contributed by atoms with E-state index in [4.69, 9.17) is 13.9 Å². The number of aromatic nitrogens is 2. The van der Waals surface area contributed by atoms with Gasteiger partial charge in [-0.2, -0.15) is 0 Å². The highest BCUT2D eigenvalue weighted by Crippen LogP contribution is 2.26. The number of pyridine rings is 1. The Morgan fingerprint density at radius 1 is 1.21 bits per heavy atom. The van der Waals surface area contributed by atoms with E-state index in [1.807, 2.05) is 25.1 Å². The van der Waals surface area contributed by atoms with Crippen LogP contribution < -0.4 is 10.3 Å². The number of ether oxygens (including phenoxy) is 2. The number of fused-ring (bicyclic) bond motifs is 2.